The number of carbonyl (C=O) groups excluding carboxylic acids is 1. The molecule has 4 heteroatoms. The molecule has 1 aliphatic rings. The van der Waals surface area contributed by atoms with Crippen molar-refractivity contribution >= 4 is 6.03 Å². The van der Waals surface area contributed by atoms with Crippen LogP contribution in [0.3, 0.4) is 0 Å². The van der Waals surface area contributed by atoms with Crippen molar-refractivity contribution in [1.29, 1.82) is 0 Å². The molecule has 1 rings (SSSR count). The fourth-order valence-electron chi connectivity index (χ4n) is 1.82. The minimum Gasteiger partial charge on any atom is -0.333 e. The minimum absolute atomic E-state index is 0.0201. The summed E-state index contributed by atoms with van der Waals surface area (Å²) in [4.78, 5) is 15.9. The Hall–Kier alpha value is -0.770. The van der Waals surface area contributed by atoms with Crippen molar-refractivity contribution in [1.82, 2.24) is 15.1 Å². The maximum atomic E-state index is 11.8. The van der Waals surface area contributed by atoms with Gasteiger partial charge in [-0.1, -0.05) is 0 Å². The number of carbonyl (C=O) groups is 1. The summed E-state index contributed by atoms with van der Waals surface area (Å²) in [5.41, 5.74) is -0.154. The van der Waals surface area contributed by atoms with Gasteiger partial charge in [-0.2, -0.15) is 0 Å². The Morgan fingerprint density at radius 1 is 1.31 bits per heavy atom. The van der Waals surface area contributed by atoms with Crippen LogP contribution in [-0.4, -0.2) is 54.6 Å². The zero-order chi connectivity index (χ0) is 12.2. The standard InChI is InChI=1S/C12H25N3O/c1-12(2,3)13-11(16)14(4)9-10-15-7-5-6-8-15/h5-10H2,1-4H3,(H,13,16). The van der Waals surface area contributed by atoms with Crippen LogP contribution < -0.4 is 5.32 Å². The Kier molecular flexibility index (Phi) is 4.59. The van der Waals surface area contributed by atoms with Crippen LogP contribution in [0.2, 0.25) is 0 Å². The number of hydrogen-bond acceptors (Lipinski definition) is 2. The van der Waals surface area contributed by atoms with Crippen molar-refractivity contribution in [3.05, 3.63) is 0 Å². The zero-order valence-electron chi connectivity index (χ0n) is 11.0. The molecular formula is C12H25N3O. The molecule has 16 heavy (non-hydrogen) atoms. The molecule has 1 saturated heterocycles. The molecule has 0 spiro atoms. The SMILES string of the molecule is CN(CCN1CCCC1)C(=O)NC(C)(C)C. The lowest BCUT2D eigenvalue weighted by Gasteiger charge is -2.27. The van der Waals surface area contributed by atoms with E-state index in [0.717, 1.165) is 13.1 Å². The van der Waals surface area contributed by atoms with E-state index in [1.54, 1.807) is 4.90 Å². The van der Waals surface area contributed by atoms with Crippen molar-refractivity contribution in [3.63, 3.8) is 0 Å². The highest BCUT2D eigenvalue weighted by Crippen LogP contribution is 2.06. The zero-order valence-corrected chi connectivity index (χ0v) is 11.0. The highest BCUT2D eigenvalue weighted by atomic mass is 16.2. The minimum atomic E-state index is -0.154. The van der Waals surface area contributed by atoms with E-state index in [1.807, 2.05) is 27.8 Å². The molecule has 0 aromatic heterocycles. The van der Waals surface area contributed by atoms with Gasteiger partial charge in [0.15, 0.2) is 0 Å². The number of nitrogens with one attached hydrogen (secondary N) is 1. The summed E-state index contributed by atoms with van der Waals surface area (Å²) in [6.45, 7) is 10.2. The van der Waals surface area contributed by atoms with Gasteiger partial charge in [-0.15, -0.1) is 0 Å². The molecule has 1 heterocycles. The summed E-state index contributed by atoms with van der Waals surface area (Å²) < 4.78 is 0. The van der Waals surface area contributed by atoms with E-state index in [9.17, 15) is 4.79 Å². The Morgan fingerprint density at radius 2 is 1.88 bits per heavy atom. The Morgan fingerprint density at radius 3 is 2.38 bits per heavy atom. The molecule has 1 N–H and O–H groups in total. The van der Waals surface area contributed by atoms with Gasteiger partial charge in [0.05, 0.1) is 0 Å². The van der Waals surface area contributed by atoms with Crippen LogP contribution in [0.5, 0.6) is 0 Å². The summed E-state index contributed by atoms with van der Waals surface area (Å²) in [7, 11) is 1.86. The fraction of sp³-hybridized carbons (Fsp3) is 0.917. The second kappa shape index (κ2) is 5.53. The average Bonchev–Trinajstić information content (AvgIpc) is 2.63. The molecule has 0 bridgehead atoms. The lowest BCUT2D eigenvalue weighted by molar-refractivity contribution is 0.192. The van der Waals surface area contributed by atoms with E-state index < -0.39 is 0 Å². The van der Waals surface area contributed by atoms with Gasteiger partial charge in [-0.3, -0.25) is 0 Å². The Labute approximate surface area is 99.0 Å². The second-order valence-corrected chi connectivity index (χ2v) is 5.65. The number of likely N-dealkylation sites (N-methyl/N-ethyl adjacent to an activating group) is 1. The van der Waals surface area contributed by atoms with Crippen LogP contribution in [0.15, 0.2) is 0 Å². The molecule has 1 aliphatic heterocycles. The number of amides is 2. The molecule has 0 radical (unpaired) electrons. The van der Waals surface area contributed by atoms with Gasteiger partial charge in [-0.25, -0.2) is 4.79 Å². The number of nitrogens with zero attached hydrogens (tertiary/aromatic N) is 2. The molecule has 94 valence electrons. The van der Waals surface area contributed by atoms with Crippen molar-refractivity contribution in [3.8, 4) is 0 Å². The van der Waals surface area contributed by atoms with E-state index in [2.05, 4.69) is 10.2 Å². The first-order valence-electron chi connectivity index (χ1n) is 6.14. The molecule has 0 atom stereocenters. The quantitative estimate of drug-likeness (QED) is 0.793. The molecule has 0 aromatic carbocycles. The highest BCUT2D eigenvalue weighted by Gasteiger charge is 2.18. The number of rotatable bonds is 3. The van der Waals surface area contributed by atoms with Gasteiger partial charge in [0.2, 0.25) is 0 Å². The van der Waals surface area contributed by atoms with E-state index in [4.69, 9.17) is 0 Å². The van der Waals surface area contributed by atoms with E-state index in [-0.39, 0.29) is 11.6 Å². The van der Waals surface area contributed by atoms with Crippen LogP contribution in [0.4, 0.5) is 4.79 Å². The van der Waals surface area contributed by atoms with Crippen LogP contribution in [0, 0.1) is 0 Å². The predicted octanol–water partition coefficient (Wildman–Crippen LogP) is 1.52. The molecule has 0 aliphatic carbocycles. The molecule has 0 unspecified atom stereocenters. The number of hydrogen-bond donors (Lipinski definition) is 1. The summed E-state index contributed by atoms with van der Waals surface area (Å²) in [6.07, 6.45) is 2.61. The summed E-state index contributed by atoms with van der Waals surface area (Å²) in [5, 5.41) is 2.96. The molecule has 4 nitrogen and oxygen atoms in total. The van der Waals surface area contributed by atoms with Gasteiger partial charge in [0.1, 0.15) is 0 Å². The maximum Gasteiger partial charge on any atom is 0.317 e. The Bertz CT molecular complexity index is 229. The third kappa shape index (κ3) is 4.84. The van der Waals surface area contributed by atoms with Gasteiger partial charge < -0.3 is 15.1 Å². The molecule has 0 saturated carbocycles. The molecule has 0 aromatic rings. The third-order valence-electron chi connectivity index (χ3n) is 2.78. The molecular weight excluding hydrogens is 202 g/mol. The van der Waals surface area contributed by atoms with Crippen LogP contribution >= 0.6 is 0 Å². The topological polar surface area (TPSA) is 35.6 Å². The van der Waals surface area contributed by atoms with E-state index in [0.29, 0.717) is 0 Å². The highest BCUT2D eigenvalue weighted by molar-refractivity contribution is 5.74. The second-order valence-electron chi connectivity index (χ2n) is 5.65. The van der Waals surface area contributed by atoms with Crippen molar-refractivity contribution in [2.24, 2.45) is 0 Å². The van der Waals surface area contributed by atoms with Crippen LogP contribution in [0.25, 0.3) is 0 Å². The van der Waals surface area contributed by atoms with Crippen molar-refractivity contribution in [2.45, 2.75) is 39.2 Å². The fourth-order valence-corrected chi connectivity index (χ4v) is 1.82. The lowest BCUT2D eigenvalue weighted by atomic mass is 10.1. The largest absolute Gasteiger partial charge is 0.333 e. The normalized spacial score (nSPS) is 17.5. The first kappa shape index (κ1) is 13.3. The summed E-state index contributed by atoms with van der Waals surface area (Å²) in [5.74, 6) is 0. The summed E-state index contributed by atoms with van der Waals surface area (Å²) in [6, 6.07) is 0.0201. The Balaban J connectivity index is 2.23. The van der Waals surface area contributed by atoms with Crippen LogP contribution in [-0.2, 0) is 0 Å². The van der Waals surface area contributed by atoms with Gasteiger partial charge in [-0.05, 0) is 46.7 Å². The van der Waals surface area contributed by atoms with Crippen molar-refractivity contribution < 1.29 is 4.79 Å². The van der Waals surface area contributed by atoms with E-state index >= 15 is 0 Å². The summed E-state index contributed by atoms with van der Waals surface area (Å²) >= 11 is 0. The average molecular weight is 227 g/mol. The molecule has 1 fully saturated rings. The van der Waals surface area contributed by atoms with Crippen LogP contribution in [0.1, 0.15) is 33.6 Å². The van der Waals surface area contributed by atoms with Gasteiger partial charge in [0.25, 0.3) is 0 Å². The smallest absolute Gasteiger partial charge is 0.317 e. The first-order valence-corrected chi connectivity index (χ1v) is 6.14. The maximum absolute atomic E-state index is 11.8. The monoisotopic (exact) mass is 227 g/mol. The number of likely N-dealkylation sites (tertiary alicyclic amines) is 1. The third-order valence-corrected chi connectivity index (χ3v) is 2.78. The van der Waals surface area contributed by atoms with Gasteiger partial charge >= 0.3 is 6.03 Å². The van der Waals surface area contributed by atoms with Gasteiger partial charge in [0, 0.05) is 25.7 Å². The van der Waals surface area contributed by atoms with E-state index in [1.165, 1.54) is 25.9 Å². The van der Waals surface area contributed by atoms with Crippen molar-refractivity contribution in [2.75, 3.05) is 33.2 Å². The first-order chi connectivity index (χ1) is 7.38. The lowest BCUT2D eigenvalue weighted by Crippen LogP contribution is -2.48. The molecule has 2 amide bonds. The predicted molar refractivity (Wildman–Crippen MR) is 66.6 cm³/mol. The number of urea groups is 1.